The topological polar surface area (TPSA) is 56.5 Å². The summed E-state index contributed by atoms with van der Waals surface area (Å²) in [5.74, 6) is 0.0338. The van der Waals surface area contributed by atoms with Gasteiger partial charge in [0.05, 0.1) is 12.8 Å². The smallest absolute Gasteiger partial charge is 0.357 e. The molecule has 0 aromatic carbocycles. The number of carbonyl (C=O) groups excluding carboxylic acids is 1. The molecule has 2 heterocycles. The number of hydrogen-bond donors (Lipinski definition) is 0. The lowest BCUT2D eigenvalue weighted by Crippen LogP contribution is -2.08. The monoisotopic (exact) mass is 269 g/mol. The summed E-state index contributed by atoms with van der Waals surface area (Å²) in [6.07, 6.45) is 3.34. The maximum atomic E-state index is 11.4. The average molecular weight is 270 g/mol. The Kier molecular flexibility index (Phi) is 2.68. The Labute approximate surface area is 94.2 Å². The fourth-order valence-corrected chi connectivity index (χ4v) is 1.54. The average Bonchev–Trinajstić information content (AvgIpc) is 2.60. The predicted octanol–water partition coefficient (Wildman–Crippen LogP) is 1.67. The normalized spacial score (nSPS) is 10.5. The molecule has 0 radical (unpaired) electrons. The molecule has 2 rings (SSSR count). The SMILES string of the molecule is CCOC(=O)c1ccn2c(Br)cnc2n1. The van der Waals surface area contributed by atoms with Gasteiger partial charge in [-0.05, 0) is 28.9 Å². The minimum atomic E-state index is -0.431. The molecule has 0 aliphatic rings. The van der Waals surface area contributed by atoms with Crippen molar-refractivity contribution in [3.05, 3.63) is 28.8 Å². The Bertz CT molecular complexity index is 509. The van der Waals surface area contributed by atoms with Crippen molar-refractivity contribution in [1.82, 2.24) is 14.4 Å². The van der Waals surface area contributed by atoms with Crippen LogP contribution in [0.5, 0.6) is 0 Å². The molecule has 0 spiro atoms. The number of esters is 1. The minimum Gasteiger partial charge on any atom is -0.461 e. The molecule has 2 aromatic rings. The standard InChI is InChI=1S/C9H8BrN3O2/c1-2-15-8(14)6-3-4-13-7(10)5-11-9(13)12-6/h3-5H,2H2,1H3. The van der Waals surface area contributed by atoms with Gasteiger partial charge < -0.3 is 4.74 Å². The summed E-state index contributed by atoms with van der Waals surface area (Å²) < 4.78 is 7.35. The van der Waals surface area contributed by atoms with Crippen LogP contribution < -0.4 is 0 Å². The summed E-state index contributed by atoms with van der Waals surface area (Å²) in [7, 11) is 0. The number of rotatable bonds is 2. The van der Waals surface area contributed by atoms with Gasteiger partial charge in [-0.15, -0.1) is 0 Å². The Balaban J connectivity index is 2.43. The Hall–Kier alpha value is -1.43. The molecule has 0 fully saturated rings. The molecule has 5 nitrogen and oxygen atoms in total. The fraction of sp³-hybridized carbons (Fsp3) is 0.222. The minimum absolute atomic E-state index is 0.266. The van der Waals surface area contributed by atoms with Crippen LogP contribution in [0, 0.1) is 0 Å². The summed E-state index contributed by atoms with van der Waals surface area (Å²) in [6.45, 7) is 2.09. The third kappa shape index (κ3) is 1.85. The first-order valence-electron chi connectivity index (χ1n) is 4.39. The highest BCUT2D eigenvalue weighted by molar-refractivity contribution is 9.10. The molecule has 78 valence electrons. The van der Waals surface area contributed by atoms with Gasteiger partial charge in [0, 0.05) is 6.20 Å². The van der Waals surface area contributed by atoms with Crippen molar-refractivity contribution in [3.63, 3.8) is 0 Å². The van der Waals surface area contributed by atoms with Crippen LogP contribution >= 0.6 is 15.9 Å². The summed E-state index contributed by atoms with van der Waals surface area (Å²) in [5.41, 5.74) is 0.266. The van der Waals surface area contributed by atoms with E-state index < -0.39 is 5.97 Å². The maximum absolute atomic E-state index is 11.4. The fourth-order valence-electron chi connectivity index (χ4n) is 1.16. The molecule has 0 amide bonds. The van der Waals surface area contributed by atoms with Gasteiger partial charge in [0.1, 0.15) is 4.60 Å². The molecule has 0 aliphatic heterocycles. The molecule has 0 saturated heterocycles. The third-order valence-corrected chi connectivity index (χ3v) is 2.41. The van der Waals surface area contributed by atoms with Crippen LogP contribution in [0.25, 0.3) is 5.78 Å². The number of hydrogen-bond acceptors (Lipinski definition) is 4. The molecule has 0 unspecified atom stereocenters. The van der Waals surface area contributed by atoms with Gasteiger partial charge in [-0.2, -0.15) is 0 Å². The molecule has 6 heteroatoms. The Morgan fingerprint density at radius 2 is 2.47 bits per heavy atom. The van der Waals surface area contributed by atoms with Crippen molar-refractivity contribution in [2.75, 3.05) is 6.61 Å². The van der Waals surface area contributed by atoms with Crippen molar-refractivity contribution in [1.29, 1.82) is 0 Å². The lowest BCUT2D eigenvalue weighted by atomic mass is 10.4. The number of carbonyl (C=O) groups is 1. The summed E-state index contributed by atoms with van der Waals surface area (Å²) in [6, 6.07) is 1.59. The van der Waals surface area contributed by atoms with Gasteiger partial charge in [-0.3, -0.25) is 4.40 Å². The molecular weight excluding hydrogens is 262 g/mol. The van der Waals surface area contributed by atoms with E-state index in [1.165, 1.54) is 0 Å². The van der Waals surface area contributed by atoms with E-state index in [9.17, 15) is 4.79 Å². The molecule has 2 aromatic heterocycles. The number of aromatic nitrogens is 3. The number of nitrogens with zero attached hydrogens (tertiary/aromatic N) is 3. The van der Waals surface area contributed by atoms with Crippen molar-refractivity contribution >= 4 is 27.7 Å². The Morgan fingerprint density at radius 1 is 1.67 bits per heavy atom. The van der Waals surface area contributed by atoms with Crippen LogP contribution in [0.1, 0.15) is 17.4 Å². The molecule has 0 bridgehead atoms. The van der Waals surface area contributed by atoms with Crippen LogP contribution in [0.3, 0.4) is 0 Å². The van der Waals surface area contributed by atoms with Crippen LogP contribution in [0.4, 0.5) is 0 Å². The second-order valence-electron chi connectivity index (χ2n) is 2.78. The summed E-state index contributed by atoms with van der Waals surface area (Å²) in [4.78, 5) is 19.4. The van der Waals surface area contributed by atoms with E-state index in [-0.39, 0.29) is 5.69 Å². The van der Waals surface area contributed by atoms with Gasteiger partial charge in [-0.1, -0.05) is 0 Å². The molecule has 0 saturated carbocycles. The van der Waals surface area contributed by atoms with E-state index in [0.717, 1.165) is 4.60 Å². The van der Waals surface area contributed by atoms with Gasteiger partial charge in [-0.25, -0.2) is 14.8 Å². The van der Waals surface area contributed by atoms with Gasteiger partial charge in [0.15, 0.2) is 5.69 Å². The van der Waals surface area contributed by atoms with Crippen LogP contribution in [-0.2, 0) is 4.74 Å². The third-order valence-electron chi connectivity index (χ3n) is 1.82. The van der Waals surface area contributed by atoms with Gasteiger partial charge in [0.2, 0.25) is 5.78 Å². The highest BCUT2D eigenvalue weighted by atomic mass is 79.9. The van der Waals surface area contributed by atoms with E-state index in [4.69, 9.17) is 4.74 Å². The lowest BCUT2D eigenvalue weighted by Gasteiger charge is -2.00. The molecule has 15 heavy (non-hydrogen) atoms. The zero-order valence-corrected chi connectivity index (χ0v) is 9.56. The van der Waals surface area contributed by atoms with E-state index in [2.05, 4.69) is 25.9 Å². The zero-order chi connectivity index (χ0) is 10.8. The second kappa shape index (κ2) is 3.98. The van der Waals surface area contributed by atoms with Crippen LogP contribution in [0.2, 0.25) is 0 Å². The van der Waals surface area contributed by atoms with E-state index in [1.807, 2.05) is 0 Å². The van der Waals surface area contributed by atoms with Crippen molar-refractivity contribution in [2.24, 2.45) is 0 Å². The Morgan fingerprint density at radius 3 is 3.20 bits per heavy atom. The van der Waals surface area contributed by atoms with Crippen molar-refractivity contribution in [2.45, 2.75) is 6.92 Å². The highest BCUT2D eigenvalue weighted by Gasteiger charge is 2.10. The summed E-state index contributed by atoms with van der Waals surface area (Å²) >= 11 is 3.30. The first kappa shape index (κ1) is 10.1. The largest absolute Gasteiger partial charge is 0.461 e. The molecule has 0 N–H and O–H groups in total. The number of halogens is 1. The summed E-state index contributed by atoms with van der Waals surface area (Å²) in [5, 5.41) is 0. The van der Waals surface area contributed by atoms with Gasteiger partial charge in [0.25, 0.3) is 0 Å². The predicted molar refractivity (Wildman–Crippen MR) is 56.6 cm³/mol. The first-order chi connectivity index (χ1) is 7.22. The highest BCUT2D eigenvalue weighted by Crippen LogP contribution is 2.11. The van der Waals surface area contributed by atoms with Crippen molar-refractivity contribution < 1.29 is 9.53 Å². The van der Waals surface area contributed by atoms with E-state index in [0.29, 0.717) is 12.4 Å². The number of ether oxygens (including phenoxy) is 1. The lowest BCUT2D eigenvalue weighted by molar-refractivity contribution is 0.0519. The number of imidazole rings is 1. The van der Waals surface area contributed by atoms with E-state index >= 15 is 0 Å². The molecule has 0 aliphatic carbocycles. The van der Waals surface area contributed by atoms with Gasteiger partial charge >= 0.3 is 5.97 Å². The molecule has 0 atom stereocenters. The van der Waals surface area contributed by atoms with Crippen LogP contribution in [0.15, 0.2) is 23.1 Å². The second-order valence-corrected chi connectivity index (χ2v) is 3.60. The molecular formula is C9H8BrN3O2. The van der Waals surface area contributed by atoms with Crippen LogP contribution in [-0.4, -0.2) is 26.9 Å². The quantitative estimate of drug-likeness (QED) is 0.779. The van der Waals surface area contributed by atoms with E-state index in [1.54, 1.807) is 29.8 Å². The number of fused-ring (bicyclic) bond motifs is 1. The van der Waals surface area contributed by atoms with Crippen molar-refractivity contribution in [3.8, 4) is 0 Å². The zero-order valence-electron chi connectivity index (χ0n) is 7.98. The first-order valence-corrected chi connectivity index (χ1v) is 5.18. The maximum Gasteiger partial charge on any atom is 0.357 e.